The average Bonchev–Trinajstić information content (AvgIpc) is 2.54. The van der Waals surface area contributed by atoms with Crippen LogP contribution >= 0.6 is 0 Å². The van der Waals surface area contributed by atoms with Crippen LogP contribution in [0.5, 0.6) is 5.88 Å². The summed E-state index contributed by atoms with van der Waals surface area (Å²) in [7, 11) is 0. The second kappa shape index (κ2) is 7.22. The quantitative estimate of drug-likeness (QED) is 0.796. The molecule has 1 aliphatic heterocycles. The van der Waals surface area contributed by atoms with Crippen LogP contribution in [0.4, 0.5) is 0 Å². The summed E-state index contributed by atoms with van der Waals surface area (Å²) >= 11 is 0. The Morgan fingerprint density at radius 3 is 2.68 bits per heavy atom. The van der Waals surface area contributed by atoms with Gasteiger partial charge in [-0.05, 0) is 25.8 Å². The van der Waals surface area contributed by atoms with Crippen molar-refractivity contribution in [3.63, 3.8) is 0 Å². The number of primary amides is 1. The molecule has 1 saturated heterocycles. The van der Waals surface area contributed by atoms with Gasteiger partial charge in [-0.3, -0.25) is 9.59 Å². The number of amides is 2. The monoisotopic (exact) mass is 307 g/mol. The summed E-state index contributed by atoms with van der Waals surface area (Å²) in [4.78, 5) is 27.9. The molecule has 0 spiro atoms. The molecular formula is C15H21N3O4. The number of nitrogens with zero attached hydrogens (tertiary/aromatic N) is 1. The SMILES string of the molecule is CCOc1ccc(C(=O)NCC2(C(N)=O)CCOCC2)cn1. The molecule has 1 aromatic rings. The Kier molecular flexibility index (Phi) is 5.32. The van der Waals surface area contributed by atoms with E-state index in [2.05, 4.69) is 10.3 Å². The van der Waals surface area contributed by atoms with Crippen LogP contribution < -0.4 is 15.8 Å². The second-order valence-electron chi connectivity index (χ2n) is 5.26. The molecule has 120 valence electrons. The summed E-state index contributed by atoms with van der Waals surface area (Å²) < 4.78 is 10.5. The van der Waals surface area contributed by atoms with Crippen molar-refractivity contribution >= 4 is 11.8 Å². The first-order valence-electron chi connectivity index (χ1n) is 7.32. The minimum absolute atomic E-state index is 0.206. The van der Waals surface area contributed by atoms with Crippen LogP contribution in [0.2, 0.25) is 0 Å². The van der Waals surface area contributed by atoms with E-state index >= 15 is 0 Å². The number of carbonyl (C=O) groups is 2. The van der Waals surface area contributed by atoms with E-state index in [0.717, 1.165) is 0 Å². The Morgan fingerprint density at radius 2 is 2.14 bits per heavy atom. The fraction of sp³-hybridized carbons (Fsp3) is 0.533. The van der Waals surface area contributed by atoms with Gasteiger partial charge in [-0.25, -0.2) is 4.98 Å². The van der Waals surface area contributed by atoms with Gasteiger partial charge in [0.25, 0.3) is 5.91 Å². The van der Waals surface area contributed by atoms with Crippen LogP contribution in [-0.2, 0) is 9.53 Å². The number of aromatic nitrogens is 1. The average molecular weight is 307 g/mol. The highest BCUT2D eigenvalue weighted by Crippen LogP contribution is 2.29. The standard InChI is InChI=1S/C15H21N3O4/c1-2-22-12-4-3-11(9-17-12)13(19)18-10-15(14(16)20)5-7-21-8-6-15/h3-4,9H,2,5-8,10H2,1H3,(H2,16,20)(H,18,19). The van der Waals surface area contributed by atoms with E-state index in [1.54, 1.807) is 12.1 Å². The molecule has 0 atom stereocenters. The van der Waals surface area contributed by atoms with Gasteiger partial charge in [0.1, 0.15) is 0 Å². The predicted octanol–water partition coefficient (Wildman–Crippen LogP) is 0.492. The maximum Gasteiger partial charge on any atom is 0.252 e. The van der Waals surface area contributed by atoms with Crippen LogP contribution in [0, 0.1) is 5.41 Å². The van der Waals surface area contributed by atoms with Crippen molar-refractivity contribution in [1.29, 1.82) is 0 Å². The predicted molar refractivity (Wildman–Crippen MR) is 79.4 cm³/mol. The zero-order valence-electron chi connectivity index (χ0n) is 12.6. The highest BCUT2D eigenvalue weighted by Gasteiger charge is 2.38. The highest BCUT2D eigenvalue weighted by atomic mass is 16.5. The van der Waals surface area contributed by atoms with Gasteiger partial charge in [-0.1, -0.05) is 0 Å². The third kappa shape index (κ3) is 3.73. The van der Waals surface area contributed by atoms with Crippen molar-refractivity contribution in [2.75, 3.05) is 26.4 Å². The lowest BCUT2D eigenvalue weighted by Gasteiger charge is -2.34. The Hall–Kier alpha value is -2.15. The molecule has 1 aliphatic rings. The number of ether oxygens (including phenoxy) is 2. The van der Waals surface area contributed by atoms with E-state index < -0.39 is 11.3 Å². The molecule has 22 heavy (non-hydrogen) atoms. The summed E-state index contributed by atoms with van der Waals surface area (Å²) in [5.41, 5.74) is 5.19. The molecule has 0 unspecified atom stereocenters. The topological polar surface area (TPSA) is 104 Å². The Labute approximate surface area is 129 Å². The first-order valence-corrected chi connectivity index (χ1v) is 7.32. The van der Waals surface area contributed by atoms with Crippen LogP contribution in [0.15, 0.2) is 18.3 Å². The zero-order chi connectivity index (χ0) is 16.0. The van der Waals surface area contributed by atoms with Gasteiger partial charge in [0.2, 0.25) is 11.8 Å². The smallest absolute Gasteiger partial charge is 0.252 e. The minimum atomic E-state index is -0.730. The molecule has 0 saturated carbocycles. The summed E-state index contributed by atoms with van der Waals surface area (Å²) in [5.74, 6) is -0.222. The van der Waals surface area contributed by atoms with Gasteiger partial charge < -0.3 is 20.5 Å². The Balaban J connectivity index is 1.97. The fourth-order valence-corrected chi connectivity index (χ4v) is 2.37. The number of hydrogen-bond acceptors (Lipinski definition) is 5. The lowest BCUT2D eigenvalue weighted by molar-refractivity contribution is -0.132. The molecule has 0 bridgehead atoms. The number of rotatable bonds is 6. The minimum Gasteiger partial charge on any atom is -0.478 e. The molecule has 2 amide bonds. The van der Waals surface area contributed by atoms with Gasteiger partial charge in [0.05, 0.1) is 17.6 Å². The summed E-state index contributed by atoms with van der Waals surface area (Å²) in [6.45, 7) is 3.53. The largest absolute Gasteiger partial charge is 0.478 e. The molecule has 0 radical (unpaired) electrons. The molecule has 1 fully saturated rings. The van der Waals surface area contributed by atoms with Crippen LogP contribution in [0.1, 0.15) is 30.1 Å². The van der Waals surface area contributed by atoms with E-state index in [1.807, 2.05) is 6.92 Å². The van der Waals surface area contributed by atoms with E-state index in [-0.39, 0.29) is 12.5 Å². The van der Waals surface area contributed by atoms with Gasteiger partial charge in [0.15, 0.2) is 0 Å². The molecule has 1 aromatic heterocycles. The van der Waals surface area contributed by atoms with Crippen LogP contribution in [0.3, 0.4) is 0 Å². The van der Waals surface area contributed by atoms with Crippen molar-refractivity contribution < 1.29 is 19.1 Å². The van der Waals surface area contributed by atoms with Gasteiger partial charge in [-0.2, -0.15) is 0 Å². The molecule has 7 nitrogen and oxygen atoms in total. The lowest BCUT2D eigenvalue weighted by Crippen LogP contribution is -2.49. The summed E-state index contributed by atoms with van der Waals surface area (Å²) in [6.07, 6.45) is 2.48. The second-order valence-corrected chi connectivity index (χ2v) is 5.26. The third-order valence-electron chi connectivity index (χ3n) is 3.85. The summed E-state index contributed by atoms with van der Waals surface area (Å²) in [6, 6.07) is 3.27. The molecule has 0 aliphatic carbocycles. The number of hydrogen-bond donors (Lipinski definition) is 2. The van der Waals surface area contributed by atoms with Crippen molar-refractivity contribution in [3.8, 4) is 5.88 Å². The van der Waals surface area contributed by atoms with E-state index in [9.17, 15) is 9.59 Å². The van der Waals surface area contributed by atoms with Gasteiger partial charge >= 0.3 is 0 Å². The van der Waals surface area contributed by atoms with Crippen molar-refractivity contribution in [3.05, 3.63) is 23.9 Å². The maximum atomic E-state index is 12.1. The first kappa shape index (κ1) is 16.2. The van der Waals surface area contributed by atoms with E-state index in [0.29, 0.717) is 44.1 Å². The maximum absolute atomic E-state index is 12.1. The molecule has 7 heteroatoms. The first-order chi connectivity index (χ1) is 10.6. The molecule has 2 heterocycles. The summed E-state index contributed by atoms with van der Waals surface area (Å²) in [5, 5.41) is 2.77. The van der Waals surface area contributed by atoms with Gasteiger partial charge in [-0.15, -0.1) is 0 Å². The highest BCUT2D eigenvalue weighted by molar-refractivity contribution is 5.94. The van der Waals surface area contributed by atoms with E-state index in [1.165, 1.54) is 6.20 Å². The fourth-order valence-electron chi connectivity index (χ4n) is 2.37. The number of nitrogens with one attached hydrogen (secondary N) is 1. The van der Waals surface area contributed by atoms with Crippen molar-refractivity contribution in [2.45, 2.75) is 19.8 Å². The van der Waals surface area contributed by atoms with Crippen LogP contribution in [-0.4, -0.2) is 43.2 Å². The molecule has 0 aromatic carbocycles. The zero-order valence-corrected chi connectivity index (χ0v) is 12.6. The van der Waals surface area contributed by atoms with Crippen molar-refractivity contribution in [2.24, 2.45) is 11.1 Å². The molecule has 2 rings (SSSR count). The Morgan fingerprint density at radius 1 is 1.41 bits per heavy atom. The number of pyridine rings is 1. The van der Waals surface area contributed by atoms with E-state index in [4.69, 9.17) is 15.2 Å². The third-order valence-corrected chi connectivity index (χ3v) is 3.85. The van der Waals surface area contributed by atoms with Crippen molar-refractivity contribution in [1.82, 2.24) is 10.3 Å². The normalized spacial score (nSPS) is 16.8. The lowest BCUT2D eigenvalue weighted by atomic mass is 9.79. The Bertz CT molecular complexity index is 524. The molecular weight excluding hydrogens is 286 g/mol. The molecule has 3 N–H and O–H groups in total. The van der Waals surface area contributed by atoms with Gasteiger partial charge in [0, 0.05) is 32.0 Å². The van der Waals surface area contributed by atoms with Crippen LogP contribution in [0.25, 0.3) is 0 Å². The number of carbonyl (C=O) groups excluding carboxylic acids is 2. The number of nitrogens with two attached hydrogens (primary N) is 1.